The first-order valence-corrected chi connectivity index (χ1v) is 5.98. The maximum Gasteiger partial charge on any atom is 0.248 e. The van der Waals surface area contributed by atoms with E-state index in [0.29, 0.717) is 17.8 Å². The number of aromatic nitrogens is 2. The van der Waals surface area contributed by atoms with Crippen LogP contribution in [-0.2, 0) is 6.54 Å². The normalized spacial score (nSPS) is 21.1. The molecule has 2 rings (SSSR count). The minimum atomic E-state index is -2.55. The van der Waals surface area contributed by atoms with Gasteiger partial charge in [-0.15, -0.1) is 0 Å². The van der Waals surface area contributed by atoms with Crippen molar-refractivity contribution in [2.24, 2.45) is 5.92 Å². The quantitative estimate of drug-likeness (QED) is 0.760. The summed E-state index contributed by atoms with van der Waals surface area (Å²) in [7, 11) is 0. The third kappa shape index (κ3) is 2.67. The number of alkyl halides is 4. The molecule has 6 heteroatoms. The van der Waals surface area contributed by atoms with Crippen molar-refractivity contribution in [3.63, 3.8) is 0 Å². The molecular weight excluding hydrogens is 248 g/mol. The van der Waals surface area contributed by atoms with E-state index in [2.05, 4.69) is 5.10 Å². The first-order valence-electron chi connectivity index (χ1n) is 5.98. The van der Waals surface area contributed by atoms with Gasteiger partial charge in [0.2, 0.25) is 12.3 Å². The van der Waals surface area contributed by atoms with Gasteiger partial charge in [0, 0.05) is 25.6 Å². The van der Waals surface area contributed by atoms with Gasteiger partial charge < -0.3 is 0 Å². The van der Waals surface area contributed by atoms with E-state index in [-0.39, 0.29) is 18.8 Å². The van der Waals surface area contributed by atoms with Crippen LogP contribution in [0.25, 0.3) is 0 Å². The molecule has 0 aliphatic heterocycles. The Morgan fingerprint density at radius 2 is 2.06 bits per heavy atom. The van der Waals surface area contributed by atoms with E-state index in [1.807, 2.05) is 0 Å². The van der Waals surface area contributed by atoms with Crippen LogP contribution in [0, 0.1) is 12.8 Å². The van der Waals surface area contributed by atoms with Gasteiger partial charge in [-0.25, -0.2) is 17.6 Å². The van der Waals surface area contributed by atoms with Gasteiger partial charge in [0.1, 0.15) is 0 Å². The van der Waals surface area contributed by atoms with E-state index < -0.39 is 18.3 Å². The van der Waals surface area contributed by atoms with Gasteiger partial charge >= 0.3 is 0 Å². The van der Waals surface area contributed by atoms with Gasteiger partial charge in [-0.3, -0.25) is 4.68 Å². The maximum absolute atomic E-state index is 12.7. The summed E-state index contributed by atoms with van der Waals surface area (Å²) in [6.07, 6.45) is -1.07. The smallest absolute Gasteiger partial charge is 0.248 e. The summed E-state index contributed by atoms with van der Waals surface area (Å²) < 4.78 is 52.1. The van der Waals surface area contributed by atoms with Crippen molar-refractivity contribution < 1.29 is 17.6 Å². The fourth-order valence-electron chi connectivity index (χ4n) is 2.38. The third-order valence-corrected chi connectivity index (χ3v) is 3.41. The molecule has 1 aromatic rings. The summed E-state index contributed by atoms with van der Waals surface area (Å²) in [6.45, 7) is 3.52. The Kier molecular flexibility index (Phi) is 3.38. The van der Waals surface area contributed by atoms with Crippen LogP contribution < -0.4 is 0 Å². The molecule has 1 fully saturated rings. The number of rotatable bonds is 4. The Hall–Kier alpha value is -1.07. The van der Waals surface area contributed by atoms with Crippen LogP contribution >= 0.6 is 0 Å². The fourth-order valence-corrected chi connectivity index (χ4v) is 2.38. The van der Waals surface area contributed by atoms with Gasteiger partial charge in [-0.1, -0.05) is 6.92 Å². The SMILES string of the molecule is Cc1cn(CC2CC(F)(F)C2)nc1C(C)C(F)F. The molecule has 1 aromatic heterocycles. The highest BCUT2D eigenvalue weighted by Crippen LogP contribution is 2.43. The molecule has 0 amide bonds. The lowest BCUT2D eigenvalue weighted by Crippen LogP contribution is -2.37. The Balaban J connectivity index is 2.01. The zero-order valence-corrected chi connectivity index (χ0v) is 10.3. The van der Waals surface area contributed by atoms with Crippen molar-refractivity contribution in [1.29, 1.82) is 0 Å². The predicted octanol–water partition coefficient (Wildman–Crippen LogP) is 3.61. The Morgan fingerprint density at radius 1 is 1.44 bits per heavy atom. The highest BCUT2D eigenvalue weighted by atomic mass is 19.3. The van der Waals surface area contributed by atoms with Crippen LogP contribution in [0.4, 0.5) is 17.6 Å². The van der Waals surface area contributed by atoms with E-state index in [9.17, 15) is 17.6 Å². The zero-order valence-electron chi connectivity index (χ0n) is 10.3. The van der Waals surface area contributed by atoms with Crippen LogP contribution in [0.15, 0.2) is 6.20 Å². The van der Waals surface area contributed by atoms with E-state index in [0.717, 1.165) is 0 Å². The van der Waals surface area contributed by atoms with Crippen LogP contribution in [-0.4, -0.2) is 22.1 Å². The minimum absolute atomic E-state index is 0.103. The Morgan fingerprint density at radius 3 is 2.56 bits per heavy atom. The van der Waals surface area contributed by atoms with E-state index in [4.69, 9.17) is 0 Å². The number of hydrogen-bond donors (Lipinski definition) is 0. The largest absolute Gasteiger partial charge is 0.272 e. The van der Waals surface area contributed by atoms with E-state index >= 15 is 0 Å². The van der Waals surface area contributed by atoms with Crippen molar-refractivity contribution >= 4 is 0 Å². The minimum Gasteiger partial charge on any atom is -0.272 e. The summed E-state index contributed by atoms with van der Waals surface area (Å²) in [5.74, 6) is -3.57. The molecule has 1 saturated carbocycles. The summed E-state index contributed by atoms with van der Waals surface area (Å²) in [5.41, 5.74) is 1.05. The van der Waals surface area contributed by atoms with Crippen molar-refractivity contribution in [3.05, 3.63) is 17.5 Å². The zero-order chi connectivity index (χ0) is 13.5. The van der Waals surface area contributed by atoms with Crippen LogP contribution in [0.3, 0.4) is 0 Å². The van der Waals surface area contributed by atoms with Gasteiger partial charge in [0.25, 0.3) is 0 Å². The van der Waals surface area contributed by atoms with Gasteiger partial charge in [-0.2, -0.15) is 5.10 Å². The second kappa shape index (κ2) is 4.55. The lowest BCUT2D eigenvalue weighted by atomic mass is 9.81. The summed E-state index contributed by atoms with van der Waals surface area (Å²) in [4.78, 5) is 0. The molecule has 2 nitrogen and oxygen atoms in total. The molecule has 1 heterocycles. The summed E-state index contributed by atoms with van der Waals surface area (Å²) in [5, 5.41) is 4.09. The molecule has 1 unspecified atom stereocenters. The second-order valence-corrected chi connectivity index (χ2v) is 5.17. The first kappa shape index (κ1) is 13.4. The summed E-state index contributed by atoms with van der Waals surface area (Å²) in [6, 6.07) is 0. The molecule has 0 radical (unpaired) electrons. The number of nitrogens with zero attached hydrogens (tertiary/aromatic N) is 2. The Labute approximate surface area is 103 Å². The van der Waals surface area contributed by atoms with Gasteiger partial charge in [0.15, 0.2) is 0 Å². The average Bonchev–Trinajstić information content (AvgIpc) is 2.55. The molecule has 0 N–H and O–H groups in total. The first-order chi connectivity index (χ1) is 8.28. The van der Waals surface area contributed by atoms with Crippen molar-refractivity contribution in [2.45, 2.75) is 51.5 Å². The number of hydrogen-bond acceptors (Lipinski definition) is 1. The summed E-state index contributed by atoms with van der Waals surface area (Å²) >= 11 is 0. The molecular formula is C12H16F4N2. The predicted molar refractivity (Wildman–Crippen MR) is 59.1 cm³/mol. The average molecular weight is 264 g/mol. The van der Waals surface area contributed by atoms with Crippen molar-refractivity contribution in [1.82, 2.24) is 9.78 Å². The standard InChI is InChI=1S/C12H16F4N2/c1-7-5-18(6-9-3-12(15,16)4-9)17-10(7)8(2)11(13)14/h5,8-9,11H,3-4,6H2,1-2H3. The van der Waals surface area contributed by atoms with E-state index in [1.54, 1.807) is 13.1 Å². The second-order valence-electron chi connectivity index (χ2n) is 5.17. The molecule has 0 saturated heterocycles. The molecule has 18 heavy (non-hydrogen) atoms. The van der Waals surface area contributed by atoms with E-state index in [1.165, 1.54) is 11.6 Å². The molecule has 102 valence electrons. The van der Waals surface area contributed by atoms with Crippen LogP contribution in [0.1, 0.15) is 36.9 Å². The fraction of sp³-hybridized carbons (Fsp3) is 0.750. The molecule has 1 atom stereocenters. The highest BCUT2D eigenvalue weighted by Gasteiger charge is 2.45. The molecule has 0 spiro atoms. The lowest BCUT2D eigenvalue weighted by Gasteiger charge is -2.34. The van der Waals surface area contributed by atoms with Gasteiger partial charge in [-0.05, 0) is 18.4 Å². The molecule has 0 bridgehead atoms. The van der Waals surface area contributed by atoms with Crippen molar-refractivity contribution in [2.75, 3.05) is 0 Å². The molecule has 1 aliphatic rings. The maximum atomic E-state index is 12.7. The lowest BCUT2D eigenvalue weighted by molar-refractivity contribution is -0.114. The topological polar surface area (TPSA) is 17.8 Å². The van der Waals surface area contributed by atoms with Crippen LogP contribution in [0.2, 0.25) is 0 Å². The number of halogens is 4. The van der Waals surface area contributed by atoms with Crippen molar-refractivity contribution in [3.8, 4) is 0 Å². The van der Waals surface area contributed by atoms with Gasteiger partial charge in [0.05, 0.1) is 11.6 Å². The van der Waals surface area contributed by atoms with Crippen LogP contribution in [0.5, 0.6) is 0 Å². The monoisotopic (exact) mass is 264 g/mol. The molecule has 1 aliphatic carbocycles. The Bertz CT molecular complexity index is 420. The third-order valence-electron chi connectivity index (χ3n) is 3.41. The molecule has 0 aromatic carbocycles. The highest BCUT2D eigenvalue weighted by molar-refractivity contribution is 5.19. The number of aryl methyl sites for hydroxylation is 1.